The van der Waals surface area contributed by atoms with Gasteiger partial charge in [0, 0.05) is 7.11 Å². The molecule has 0 aromatic carbocycles. The van der Waals surface area contributed by atoms with Crippen molar-refractivity contribution < 1.29 is 9.53 Å². The van der Waals surface area contributed by atoms with Gasteiger partial charge in [-0.15, -0.1) is 11.3 Å². The number of nitrogens with one attached hydrogen (secondary N) is 1. The lowest BCUT2D eigenvalue weighted by Crippen LogP contribution is -2.16. The number of ether oxygens (including phenoxy) is 1. The molecule has 0 atom stereocenters. The van der Waals surface area contributed by atoms with E-state index in [-0.39, 0.29) is 12.5 Å². The van der Waals surface area contributed by atoms with Gasteiger partial charge in [-0.1, -0.05) is 11.6 Å². The number of anilines is 1. The van der Waals surface area contributed by atoms with Crippen LogP contribution in [0.4, 0.5) is 5.69 Å². The molecule has 1 amide bonds. The highest BCUT2D eigenvalue weighted by Gasteiger charge is 2.05. The summed E-state index contributed by atoms with van der Waals surface area (Å²) in [6.45, 7) is 0.0478. The summed E-state index contributed by atoms with van der Waals surface area (Å²) >= 11 is 7.12. The van der Waals surface area contributed by atoms with Crippen molar-refractivity contribution in [3.05, 3.63) is 15.8 Å². The molecule has 0 saturated heterocycles. The van der Waals surface area contributed by atoms with Crippen LogP contribution in [0.15, 0.2) is 11.4 Å². The summed E-state index contributed by atoms with van der Waals surface area (Å²) in [5, 5.41) is 4.42. The van der Waals surface area contributed by atoms with Crippen molar-refractivity contribution in [3.63, 3.8) is 0 Å². The zero-order chi connectivity index (χ0) is 8.97. The Hall–Kier alpha value is -0.580. The fourth-order valence-corrected chi connectivity index (χ4v) is 1.53. The minimum atomic E-state index is -0.196. The topological polar surface area (TPSA) is 38.3 Å². The second-order valence-corrected chi connectivity index (χ2v) is 3.61. The SMILES string of the molecule is COCC(=O)Nc1ccsc1Cl. The molecular formula is C7H8ClNO2S. The summed E-state index contributed by atoms with van der Waals surface area (Å²) in [7, 11) is 1.47. The van der Waals surface area contributed by atoms with E-state index in [4.69, 9.17) is 11.6 Å². The van der Waals surface area contributed by atoms with Gasteiger partial charge >= 0.3 is 0 Å². The maximum atomic E-state index is 11.0. The lowest BCUT2D eigenvalue weighted by Gasteiger charge is -2.01. The first-order chi connectivity index (χ1) is 5.74. The maximum absolute atomic E-state index is 11.0. The van der Waals surface area contributed by atoms with Gasteiger partial charge < -0.3 is 10.1 Å². The van der Waals surface area contributed by atoms with Crippen LogP contribution in [0.3, 0.4) is 0 Å². The van der Waals surface area contributed by atoms with Crippen molar-refractivity contribution in [3.8, 4) is 0 Å². The van der Waals surface area contributed by atoms with Crippen molar-refractivity contribution in [2.45, 2.75) is 0 Å². The first-order valence-electron chi connectivity index (χ1n) is 3.26. The van der Waals surface area contributed by atoms with Gasteiger partial charge in [0.1, 0.15) is 10.9 Å². The number of methoxy groups -OCH3 is 1. The summed E-state index contributed by atoms with van der Waals surface area (Å²) in [5.74, 6) is -0.196. The lowest BCUT2D eigenvalue weighted by molar-refractivity contribution is -0.119. The molecule has 0 spiro atoms. The molecule has 1 N–H and O–H groups in total. The zero-order valence-corrected chi connectivity index (χ0v) is 8.04. The van der Waals surface area contributed by atoms with Gasteiger partial charge in [-0.3, -0.25) is 4.79 Å². The molecule has 0 saturated carbocycles. The van der Waals surface area contributed by atoms with Crippen LogP contribution >= 0.6 is 22.9 Å². The highest BCUT2D eigenvalue weighted by molar-refractivity contribution is 7.15. The fraction of sp³-hybridized carbons (Fsp3) is 0.286. The number of rotatable bonds is 3. The minimum Gasteiger partial charge on any atom is -0.375 e. The summed E-state index contributed by atoms with van der Waals surface area (Å²) in [6, 6.07) is 1.75. The molecule has 1 heterocycles. The average Bonchev–Trinajstić information content (AvgIpc) is 2.37. The molecule has 1 aromatic heterocycles. The summed E-state index contributed by atoms with van der Waals surface area (Å²) < 4.78 is 5.22. The number of halogens is 1. The van der Waals surface area contributed by atoms with Gasteiger partial charge in [0.05, 0.1) is 5.69 Å². The third-order valence-electron chi connectivity index (χ3n) is 1.17. The van der Waals surface area contributed by atoms with Gasteiger partial charge in [-0.05, 0) is 11.4 Å². The molecule has 1 aromatic rings. The Kier molecular flexibility index (Phi) is 3.52. The third kappa shape index (κ3) is 2.48. The molecule has 0 aliphatic rings. The van der Waals surface area contributed by atoms with E-state index in [2.05, 4.69) is 10.1 Å². The maximum Gasteiger partial charge on any atom is 0.250 e. The fourth-order valence-electron chi connectivity index (χ4n) is 0.699. The van der Waals surface area contributed by atoms with Crippen LogP contribution in [0.5, 0.6) is 0 Å². The predicted molar refractivity (Wildman–Crippen MR) is 49.8 cm³/mol. The molecule has 0 fully saturated rings. The monoisotopic (exact) mass is 205 g/mol. The predicted octanol–water partition coefficient (Wildman–Crippen LogP) is 1.99. The molecule has 1 rings (SSSR count). The summed E-state index contributed by atoms with van der Waals surface area (Å²) in [5.41, 5.74) is 0.642. The first kappa shape index (κ1) is 9.51. The summed E-state index contributed by atoms with van der Waals surface area (Å²) in [4.78, 5) is 11.0. The van der Waals surface area contributed by atoms with E-state index >= 15 is 0 Å². The largest absolute Gasteiger partial charge is 0.375 e. The normalized spacial score (nSPS) is 9.83. The van der Waals surface area contributed by atoms with Crippen molar-refractivity contribution in [2.75, 3.05) is 19.0 Å². The third-order valence-corrected chi connectivity index (χ3v) is 2.34. The van der Waals surface area contributed by atoms with E-state index in [1.807, 2.05) is 5.38 Å². The second kappa shape index (κ2) is 4.45. The van der Waals surface area contributed by atoms with E-state index in [1.165, 1.54) is 18.4 Å². The van der Waals surface area contributed by atoms with Crippen LogP contribution in [0.2, 0.25) is 4.34 Å². The van der Waals surface area contributed by atoms with Crippen molar-refractivity contribution in [1.82, 2.24) is 0 Å². The Balaban J connectivity index is 2.52. The standard InChI is InChI=1S/C7H8ClNO2S/c1-11-4-6(10)9-5-2-3-12-7(5)8/h2-3H,4H2,1H3,(H,9,10). The average molecular weight is 206 g/mol. The van der Waals surface area contributed by atoms with E-state index in [9.17, 15) is 4.79 Å². The molecule has 0 aliphatic heterocycles. The number of hydrogen-bond acceptors (Lipinski definition) is 3. The molecule has 0 radical (unpaired) electrons. The van der Waals surface area contributed by atoms with Crippen LogP contribution in [0, 0.1) is 0 Å². The van der Waals surface area contributed by atoms with Crippen molar-refractivity contribution in [2.24, 2.45) is 0 Å². The number of thiophene rings is 1. The van der Waals surface area contributed by atoms with Crippen LogP contribution in [0.25, 0.3) is 0 Å². The zero-order valence-electron chi connectivity index (χ0n) is 6.46. The van der Waals surface area contributed by atoms with Gasteiger partial charge in [-0.25, -0.2) is 0 Å². The van der Waals surface area contributed by atoms with Gasteiger partial charge in [-0.2, -0.15) is 0 Å². The molecule has 12 heavy (non-hydrogen) atoms. The molecule has 0 unspecified atom stereocenters. The smallest absolute Gasteiger partial charge is 0.250 e. The quantitative estimate of drug-likeness (QED) is 0.820. The highest BCUT2D eigenvalue weighted by atomic mass is 35.5. The van der Waals surface area contributed by atoms with E-state index in [0.717, 1.165) is 0 Å². The number of carbonyl (C=O) groups excluding carboxylic acids is 1. The van der Waals surface area contributed by atoms with Crippen molar-refractivity contribution in [1.29, 1.82) is 0 Å². The van der Waals surface area contributed by atoms with Gasteiger partial charge in [0.2, 0.25) is 5.91 Å². The number of amides is 1. The molecule has 0 aliphatic carbocycles. The highest BCUT2D eigenvalue weighted by Crippen LogP contribution is 2.27. The van der Waals surface area contributed by atoms with Crippen LogP contribution in [0.1, 0.15) is 0 Å². The molecule has 0 bridgehead atoms. The Morgan fingerprint density at radius 2 is 2.58 bits per heavy atom. The van der Waals surface area contributed by atoms with Crippen LogP contribution in [-0.2, 0) is 9.53 Å². The van der Waals surface area contributed by atoms with Gasteiger partial charge in [0.15, 0.2) is 0 Å². The van der Waals surface area contributed by atoms with Crippen molar-refractivity contribution >= 4 is 34.5 Å². The Morgan fingerprint density at radius 1 is 1.83 bits per heavy atom. The number of hydrogen-bond donors (Lipinski definition) is 1. The first-order valence-corrected chi connectivity index (χ1v) is 4.51. The van der Waals surface area contributed by atoms with E-state index in [0.29, 0.717) is 10.0 Å². The number of carbonyl (C=O) groups is 1. The van der Waals surface area contributed by atoms with Crippen LogP contribution < -0.4 is 5.32 Å². The van der Waals surface area contributed by atoms with Gasteiger partial charge in [0.25, 0.3) is 0 Å². The molecular weight excluding hydrogens is 198 g/mol. The Bertz CT molecular complexity index is 274. The minimum absolute atomic E-state index is 0.0478. The van der Waals surface area contributed by atoms with E-state index in [1.54, 1.807) is 6.07 Å². The Labute approximate surface area is 79.3 Å². The molecule has 66 valence electrons. The van der Waals surface area contributed by atoms with E-state index < -0.39 is 0 Å². The second-order valence-electron chi connectivity index (χ2n) is 2.09. The lowest BCUT2D eigenvalue weighted by atomic mass is 10.5. The molecule has 5 heteroatoms. The summed E-state index contributed by atoms with van der Waals surface area (Å²) in [6.07, 6.45) is 0. The molecule has 3 nitrogen and oxygen atoms in total. The Morgan fingerprint density at radius 3 is 3.08 bits per heavy atom. The van der Waals surface area contributed by atoms with Crippen LogP contribution in [-0.4, -0.2) is 19.6 Å².